The van der Waals surface area contributed by atoms with Crippen LogP contribution >= 0.6 is 7.60 Å². The maximum atomic E-state index is 11.8. The van der Waals surface area contributed by atoms with Crippen molar-refractivity contribution in [2.75, 3.05) is 13.2 Å². The summed E-state index contributed by atoms with van der Waals surface area (Å²) < 4.78 is 21.6. The number of aliphatic hydroxyl groups excluding tert-OH is 1. The van der Waals surface area contributed by atoms with Crippen molar-refractivity contribution in [3.8, 4) is 0 Å². The van der Waals surface area contributed by atoms with Crippen molar-refractivity contribution in [3.05, 3.63) is 12.2 Å². The van der Waals surface area contributed by atoms with Gasteiger partial charge in [0.2, 0.25) is 0 Å². The molecule has 0 aliphatic carbocycles. The Labute approximate surface area is 79.1 Å². The molecule has 0 aromatic rings. The van der Waals surface area contributed by atoms with Gasteiger partial charge in [0.15, 0.2) is 5.85 Å². The van der Waals surface area contributed by atoms with Gasteiger partial charge in [-0.25, -0.2) is 0 Å². The van der Waals surface area contributed by atoms with Gasteiger partial charge in [-0.15, -0.1) is 0 Å². The van der Waals surface area contributed by atoms with Crippen molar-refractivity contribution in [2.24, 2.45) is 0 Å². The third-order valence-electron chi connectivity index (χ3n) is 1.31. The van der Waals surface area contributed by atoms with Gasteiger partial charge in [-0.1, -0.05) is 6.08 Å². The fourth-order valence-corrected chi connectivity index (χ4v) is 2.31. The Morgan fingerprint density at radius 1 is 1.38 bits per heavy atom. The predicted molar refractivity (Wildman–Crippen MR) is 51.7 cm³/mol. The molecule has 0 saturated heterocycles. The van der Waals surface area contributed by atoms with Gasteiger partial charge < -0.3 is 14.2 Å². The highest BCUT2D eigenvalue weighted by Crippen LogP contribution is 2.52. The van der Waals surface area contributed by atoms with Crippen LogP contribution in [0.1, 0.15) is 20.8 Å². The topological polar surface area (TPSA) is 55.8 Å². The average molecular weight is 208 g/mol. The zero-order valence-electron chi connectivity index (χ0n) is 8.27. The van der Waals surface area contributed by atoms with Crippen molar-refractivity contribution < 1.29 is 18.7 Å². The second-order valence-corrected chi connectivity index (χ2v) is 4.44. The third kappa shape index (κ3) is 4.05. The molecule has 0 fully saturated rings. The molecule has 4 nitrogen and oxygen atoms in total. The Balaban J connectivity index is 4.46. The van der Waals surface area contributed by atoms with E-state index in [0.717, 1.165) is 0 Å². The summed E-state index contributed by atoms with van der Waals surface area (Å²) in [5.41, 5.74) is 0. The van der Waals surface area contributed by atoms with Crippen molar-refractivity contribution in [1.29, 1.82) is 0 Å². The number of allylic oxidation sites excluding steroid dienone is 1. The summed E-state index contributed by atoms with van der Waals surface area (Å²) in [6.07, 6.45) is 3.00. The summed E-state index contributed by atoms with van der Waals surface area (Å²) >= 11 is 0. The van der Waals surface area contributed by atoms with E-state index in [-0.39, 0.29) is 13.2 Å². The fraction of sp³-hybridized carbons (Fsp3) is 0.750. The lowest BCUT2D eigenvalue weighted by Gasteiger charge is -2.19. The molecule has 13 heavy (non-hydrogen) atoms. The summed E-state index contributed by atoms with van der Waals surface area (Å²) in [7, 11) is -3.36. The zero-order valence-corrected chi connectivity index (χ0v) is 9.16. The van der Waals surface area contributed by atoms with E-state index in [1.54, 1.807) is 26.8 Å². The Hall–Kier alpha value is -0.150. The van der Waals surface area contributed by atoms with E-state index in [2.05, 4.69) is 0 Å². The SMILES string of the molecule is C/C=C/[C@@H](O)P(=O)(OCC)OCC. The maximum Gasteiger partial charge on any atom is 0.362 e. The highest BCUT2D eigenvalue weighted by molar-refractivity contribution is 7.54. The smallest absolute Gasteiger partial charge is 0.362 e. The van der Waals surface area contributed by atoms with Gasteiger partial charge in [0.05, 0.1) is 13.2 Å². The van der Waals surface area contributed by atoms with Gasteiger partial charge in [0, 0.05) is 0 Å². The molecule has 0 aromatic heterocycles. The Morgan fingerprint density at radius 2 is 1.85 bits per heavy atom. The van der Waals surface area contributed by atoms with Gasteiger partial charge >= 0.3 is 7.60 Å². The van der Waals surface area contributed by atoms with E-state index >= 15 is 0 Å². The first-order valence-electron chi connectivity index (χ1n) is 4.30. The van der Waals surface area contributed by atoms with E-state index < -0.39 is 13.4 Å². The molecule has 0 saturated carbocycles. The maximum absolute atomic E-state index is 11.8. The summed E-state index contributed by atoms with van der Waals surface area (Å²) in [5.74, 6) is -1.17. The van der Waals surface area contributed by atoms with E-state index in [1.807, 2.05) is 0 Å². The van der Waals surface area contributed by atoms with Gasteiger partial charge in [-0.05, 0) is 26.8 Å². The molecule has 0 spiro atoms. The lowest BCUT2D eigenvalue weighted by Crippen LogP contribution is -2.09. The minimum atomic E-state index is -3.36. The highest BCUT2D eigenvalue weighted by atomic mass is 31.2. The van der Waals surface area contributed by atoms with E-state index in [9.17, 15) is 9.67 Å². The molecule has 1 atom stereocenters. The summed E-state index contributed by atoms with van der Waals surface area (Å²) in [5, 5.41) is 9.43. The molecule has 0 rings (SSSR count). The third-order valence-corrected chi connectivity index (χ3v) is 3.36. The normalized spacial score (nSPS) is 15.1. The summed E-state index contributed by atoms with van der Waals surface area (Å²) in [6.45, 7) is 5.64. The molecule has 0 bridgehead atoms. The first-order chi connectivity index (χ1) is 6.10. The molecule has 0 aliphatic rings. The molecule has 0 heterocycles. The number of aliphatic hydroxyl groups is 1. The van der Waals surface area contributed by atoms with E-state index in [0.29, 0.717) is 0 Å². The van der Waals surface area contributed by atoms with Crippen LogP contribution in [0.4, 0.5) is 0 Å². The van der Waals surface area contributed by atoms with Crippen LogP contribution < -0.4 is 0 Å². The minimum Gasteiger partial charge on any atom is -0.377 e. The van der Waals surface area contributed by atoms with Crippen molar-refractivity contribution in [1.82, 2.24) is 0 Å². The minimum absolute atomic E-state index is 0.256. The van der Waals surface area contributed by atoms with Gasteiger partial charge in [-0.3, -0.25) is 4.57 Å². The lowest BCUT2D eigenvalue weighted by atomic mass is 10.6. The molecular weight excluding hydrogens is 191 g/mol. The van der Waals surface area contributed by atoms with Crippen molar-refractivity contribution in [3.63, 3.8) is 0 Å². The molecule has 0 aliphatic heterocycles. The molecule has 5 heteroatoms. The quantitative estimate of drug-likeness (QED) is 0.536. The summed E-state index contributed by atoms with van der Waals surface area (Å²) in [4.78, 5) is 0. The van der Waals surface area contributed by atoms with Crippen LogP contribution in [0.5, 0.6) is 0 Å². The molecule has 0 unspecified atom stereocenters. The molecule has 78 valence electrons. The van der Waals surface area contributed by atoms with Crippen LogP contribution in [0.3, 0.4) is 0 Å². The lowest BCUT2D eigenvalue weighted by molar-refractivity contribution is 0.168. The van der Waals surface area contributed by atoms with Crippen LogP contribution in [0, 0.1) is 0 Å². The summed E-state index contributed by atoms with van der Waals surface area (Å²) in [6, 6.07) is 0. The number of rotatable bonds is 6. The predicted octanol–water partition coefficient (Wildman–Crippen LogP) is 2.15. The van der Waals surface area contributed by atoms with Crippen LogP contribution in [-0.4, -0.2) is 24.2 Å². The van der Waals surface area contributed by atoms with Crippen molar-refractivity contribution in [2.45, 2.75) is 26.6 Å². The van der Waals surface area contributed by atoms with E-state index in [4.69, 9.17) is 9.05 Å². The van der Waals surface area contributed by atoms with Crippen LogP contribution in [-0.2, 0) is 13.6 Å². The molecule has 0 amide bonds. The Kier molecular flexibility index (Phi) is 6.25. The number of hydrogen-bond acceptors (Lipinski definition) is 4. The zero-order chi connectivity index (χ0) is 10.3. The molecular formula is C8H17O4P. The van der Waals surface area contributed by atoms with Crippen LogP contribution in [0.2, 0.25) is 0 Å². The largest absolute Gasteiger partial charge is 0.377 e. The van der Waals surface area contributed by atoms with Crippen molar-refractivity contribution >= 4 is 7.60 Å². The first kappa shape index (κ1) is 12.8. The monoisotopic (exact) mass is 208 g/mol. The Bertz CT molecular complexity index is 192. The average Bonchev–Trinajstić information content (AvgIpc) is 2.05. The van der Waals surface area contributed by atoms with Gasteiger partial charge in [-0.2, -0.15) is 0 Å². The standard InChI is InChI=1S/C8H17O4P/c1-4-7-8(9)13(10,11-5-2)12-6-3/h4,7-9H,5-6H2,1-3H3/b7-4+/t8-/m0/s1. The first-order valence-corrected chi connectivity index (χ1v) is 5.91. The second kappa shape index (κ2) is 6.33. The van der Waals surface area contributed by atoms with Crippen LogP contribution in [0.15, 0.2) is 12.2 Å². The highest BCUT2D eigenvalue weighted by Gasteiger charge is 2.31. The Morgan fingerprint density at radius 3 is 2.15 bits per heavy atom. The molecule has 0 radical (unpaired) electrons. The second-order valence-electron chi connectivity index (χ2n) is 2.31. The molecule has 0 aromatic carbocycles. The van der Waals surface area contributed by atoms with E-state index in [1.165, 1.54) is 6.08 Å². The number of hydrogen-bond donors (Lipinski definition) is 1. The van der Waals surface area contributed by atoms with Gasteiger partial charge in [0.1, 0.15) is 0 Å². The van der Waals surface area contributed by atoms with Gasteiger partial charge in [0.25, 0.3) is 0 Å². The molecule has 1 N–H and O–H groups in total. The van der Waals surface area contributed by atoms with Crippen LogP contribution in [0.25, 0.3) is 0 Å². The fourth-order valence-electron chi connectivity index (χ4n) is 0.827.